The van der Waals surface area contributed by atoms with Gasteiger partial charge in [-0.15, -0.1) is 0 Å². The van der Waals surface area contributed by atoms with E-state index in [0.717, 1.165) is 0 Å². The highest BCUT2D eigenvalue weighted by Gasteiger charge is 2.29. The first kappa shape index (κ1) is 23.2. The number of primary amides is 1. The molecule has 1 rings (SSSR count). The molecular weight excluding hydrogens is 362 g/mol. The van der Waals surface area contributed by atoms with E-state index in [-0.39, 0.29) is 23.6 Å². The molecule has 28 heavy (non-hydrogen) atoms. The van der Waals surface area contributed by atoms with E-state index in [1.165, 1.54) is 20.1 Å². The third-order valence-corrected chi connectivity index (χ3v) is 4.28. The number of rotatable bonds is 9. The maximum Gasteiger partial charge on any atom is 0.404 e. The van der Waals surface area contributed by atoms with E-state index in [9.17, 15) is 14.4 Å². The zero-order valence-corrected chi connectivity index (χ0v) is 17.3. The van der Waals surface area contributed by atoms with Crippen molar-refractivity contribution in [3.05, 3.63) is 29.8 Å². The van der Waals surface area contributed by atoms with Gasteiger partial charge in [-0.2, -0.15) is 0 Å². The van der Waals surface area contributed by atoms with Crippen molar-refractivity contribution in [1.29, 1.82) is 0 Å². The van der Waals surface area contributed by atoms with Gasteiger partial charge < -0.3 is 19.9 Å². The Morgan fingerprint density at radius 3 is 2.32 bits per heavy atom. The fraction of sp³-hybridized carbons (Fsp3) is 0.476. The van der Waals surface area contributed by atoms with Gasteiger partial charge in [0, 0.05) is 5.41 Å². The van der Waals surface area contributed by atoms with Crippen LogP contribution in [-0.2, 0) is 14.3 Å². The van der Waals surface area contributed by atoms with Crippen molar-refractivity contribution in [2.75, 3.05) is 13.7 Å². The Morgan fingerprint density at radius 2 is 1.82 bits per heavy atom. The van der Waals surface area contributed by atoms with Crippen molar-refractivity contribution < 1.29 is 28.6 Å². The molecule has 0 heterocycles. The Labute approximate surface area is 165 Å². The number of allylic oxidation sites excluding steroid dienone is 1. The molecule has 0 bridgehead atoms. The topological polar surface area (TPSA) is 105 Å². The second kappa shape index (κ2) is 9.92. The predicted molar refractivity (Wildman–Crippen MR) is 106 cm³/mol. The van der Waals surface area contributed by atoms with Gasteiger partial charge in [0.2, 0.25) is 0 Å². The summed E-state index contributed by atoms with van der Waals surface area (Å²) in [7, 11) is 1.50. The molecular formula is C21H29NO6. The lowest BCUT2D eigenvalue weighted by atomic mass is 9.89. The van der Waals surface area contributed by atoms with Crippen LogP contribution in [0.25, 0.3) is 6.08 Å². The molecule has 1 aromatic carbocycles. The molecule has 1 amide bonds. The van der Waals surface area contributed by atoms with Crippen LogP contribution in [0.4, 0.5) is 4.79 Å². The number of ketones is 2. The van der Waals surface area contributed by atoms with E-state index >= 15 is 0 Å². The summed E-state index contributed by atoms with van der Waals surface area (Å²) in [5.74, 6) is -0.183. The number of hydrogen-bond donors (Lipinski definition) is 1. The van der Waals surface area contributed by atoms with Gasteiger partial charge in [-0.05, 0) is 37.6 Å². The van der Waals surface area contributed by atoms with Crippen LogP contribution in [0.1, 0.15) is 40.2 Å². The Kier molecular flexibility index (Phi) is 8.22. The van der Waals surface area contributed by atoms with Gasteiger partial charge in [0.25, 0.3) is 0 Å². The molecule has 0 radical (unpaired) electrons. The van der Waals surface area contributed by atoms with Gasteiger partial charge in [0.1, 0.15) is 18.5 Å². The monoisotopic (exact) mass is 391 g/mol. The van der Waals surface area contributed by atoms with Crippen LogP contribution >= 0.6 is 0 Å². The fourth-order valence-electron chi connectivity index (χ4n) is 2.20. The number of carbonyl (C=O) groups excluding carboxylic acids is 3. The quantitative estimate of drug-likeness (QED) is 0.511. The fourth-order valence-corrected chi connectivity index (χ4v) is 2.20. The molecule has 7 heteroatoms. The van der Waals surface area contributed by atoms with Gasteiger partial charge in [-0.3, -0.25) is 9.59 Å². The number of carbonyl (C=O) groups is 3. The Bertz CT molecular complexity index is 748. The number of nitrogens with two attached hydrogens (primary N) is 1. The Hall–Kier alpha value is -2.83. The first-order chi connectivity index (χ1) is 13.0. The highest BCUT2D eigenvalue weighted by molar-refractivity contribution is 6.07. The summed E-state index contributed by atoms with van der Waals surface area (Å²) in [6, 6.07) is 5.15. The molecule has 0 aromatic heterocycles. The molecule has 2 atom stereocenters. The van der Waals surface area contributed by atoms with E-state index < -0.39 is 18.1 Å². The van der Waals surface area contributed by atoms with Gasteiger partial charge in [-0.1, -0.05) is 32.9 Å². The third-order valence-electron chi connectivity index (χ3n) is 4.28. The van der Waals surface area contributed by atoms with Crippen molar-refractivity contribution in [3.8, 4) is 11.5 Å². The van der Waals surface area contributed by atoms with E-state index in [1.54, 1.807) is 31.2 Å². The standard InChI is InChI=1S/C21H29NO6/c1-13(14(2)23)16(24)9-7-15-8-10-17(18(11-15)26-6)27-12-19(21(3,4)5)28-20(22)25/h7-11,13,19H,12H2,1-6H3,(H2,22,25). The molecule has 0 aliphatic heterocycles. The second-order valence-corrected chi connectivity index (χ2v) is 7.58. The van der Waals surface area contributed by atoms with Gasteiger partial charge in [0.05, 0.1) is 13.0 Å². The van der Waals surface area contributed by atoms with Crippen molar-refractivity contribution in [2.45, 2.75) is 40.7 Å². The lowest BCUT2D eigenvalue weighted by molar-refractivity contribution is -0.128. The highest BCUT2D eigenvalue weighted by atomic mass is 16.6. The minimum absolute atomic E-state index is 0.104. The lowest BCUT2D eigenvalue weighted by Gasteiger charge is -2.29. The Morgan fingerprint density at radius 1 is 1.18 bits per heavy atom. The normalized spacial score (nSPS) is 13.6. The van der Waals surface area contributed by atoms with Crippen molar-refractivity contribution in [1.82, 2.24) is 0 Å². The summed E-state index contributed by atoms with van der Waals surface area (Å²) in [5.41, 5.74) is 5.49. The van der Waals surface area contributed by atoms with Crippen LogP contribution in [0.15, 0.2) is 24.3 Å². The van der Waals surface area contributed by atoms with Gasteiger partial charge in [0.15, 0.2) is 17.3 Å². The third kappa shape index (κ3) is 7.06. The smallest absolute Gasteiger partial charge is 0.404 e. The molecule has 0 spiro atoms. The van der Waals surface area contributed by atoms with Crippen LogP contribution in [-0.4, -0.2) is 37.5 Å². The van der Waals surface area contributed by atoms with E-state index in [4.69, 9.17) is 19.9 Å². The highest BCUT2D eigenvalue weighted by Crippen LogP contribution is 2.30. The zero-order valence-electron chi connectivity index (χ0n) is 17.3. The van der Waals surface area contributed by atoms with E-state index in [2.05, 4.69) is 0 Å². The van der Waals surface area contributed by atoms with Gasteiger partial charge in [-0.25, -0.2) is 4.79 Å². The molecule has 0 aliphatic carbocycles. The predicted octanol–water partition coefficient (Wildman–Crippen LogP) is 3.39. The lowest BCUT2D eigenvalue weighted by Crippen LogP contribution is -2.38. The van der Waals surface area contributed by atoms with Crippen LogP contribution < -0.4 is 15.2 Å². The summed E-state index contributed by atoms with van der Waals surface area (Å²) in [6.07, 6.45) is 1.58. The summed E-state index contributed by atoms with van der Waals surface area (Å²) < 4.78 is 16.3. The van der Waals surface area contributed by atoms with Crippen LogP contribution in [0.2, 0.25) is 0 Å². The van der Waals surface area contributed by atoms with Crippen LogP contribution in [0.3, 0.4) is 0 Å². The average molecular weight is 391 g/mol. The number of methoxy groups -OCH3 is 1. The average Bonchev–Trinajstić information content (AvgIpc) is 2.61. The molecule has 0 fully saturated rings. The molecule has 0 saturated carbocycles. The Balaban J connectivity index is 2.91. The maximum absolute atomic E-state index is 11.9. The summed E-state index contributed by atoms with van der Waals surface area (Å²) in [5, 5.41) is 0. The number of hydrogen-bond acceptors (Lipinski definition) is 6. The van der Waals surface area contributed by atoms with Crippen LogP contribution in [0, 0.1) is 11.3 Å². The minimum atomic E-state index is -0.861. The second-order valence-electron chi connectivity index (χ2n) is 7.58. The number of benzene rings is 1. The minimum Gasteiger partial charge on any atom is -0.493 e. The molecule has 2 unspecified atom stereocenters. The number of Topliss-reactive ketones (excluding diaryl/α,β-unsaturated/α-hetero) is 1. The summed E-state index contributed by atoms with van der Waals surface area (Å²) in [4.78, 5) is 34.3. The van der Waals surface area contributed by atoms with E-state index in [1.807, 2.05) is 20.8 Å². The summed E-state index contributed by atoms with van der Waals surface area (Å²) >= 11 is 0. The molecule has 0 aliphatic rings. The molecule has 7 nitrogen and oxygen atoms in total. The first-order valence-electron chi connectivity index (χ1n) is 8.95. The molecule has 0 saturated heterocycles. The molecule has 2 N–H and O–H groups in total. The number of ether oxygens (including phenoxy) is 3. The largest absolute Gasteiger partial charge is 0.493 e. The zero-order chi connectivity index (χ0) is 21.5. The molecule has 1 aromatic rings. The van der Waals surface area contributed by atoms with Crippen molar-refractivity contribution in [2.24, 2.45) is 17.1 Å². The SMILES string of the molecule is COc1cc(C=CC(=O)C(C)C(C)=O)ccc1OCC(OC(N)=O)C(C)(C)C. The maximum atomic E-state index is 11.9. The van der Waals surface area contributed by atoms with Gasteiger partial charge >= 0.3 is 6.09 Å². The van der Waals surface area contributed by atoms with Crippen molar-refractivity contribution in [3.63, 3.8) is 0 Å². The molecule has 154 valence electrons. The summed E-state index contributed by atoms with van der Waals surface area (Å²) in [6.45, 7) is 8.80. The number of amides is 1. The van der Waals surface area contributed by atoms with E-state index in [0.29, 0.717) is 17.1 Å². The van der Waals surface area contributed by atoms with Crippen molar-refractivity contribution >= 4 is 23.7 Å². The van der Waals surface area contributed by atoms with Crippen LogP contribution in [0.5, 0.6) is 11.5 Å². The first-order valence-corrected chi connectivity index (χ1v) is 8.95.